The van der Waals surface area contributed by atoms with Gasteiger partial charge in [0.15, 0.2) is 6.10 Å². The van der Waals surface area contributed by atoms with Crippen molar-refractivity contribution >= 4 is 17.8 Å². The number of nitrogens with one attached hydrogen (secondary N) is 2. The van der Waals surface area contributed by atoms with E-state index in [0.29, 0.717) is 0 Å². The fraction of sp³-hybridized carbons (Fsp3) is 0.389. The molecule has 0 heterocycles. The minimum atomic E-state index is -1.03. The lowest BCUT2D eigenvalue weighted by Gasteiger charge is -2.23. The molecule has 0 unspecified atom stereocenters. The highest BCUT2D eigenvalue weighted by Crippen LogP contribution is 2.10. The molecule has 1 aromatic carbocycles. The Bertz CT molecular complexity index is 646. The summed E-state index contributed by atoms with van der Waals surface area (Å²) in [5.41, 5.74) is -0.169. The quantitative estimate of drug-likeness (QED) is 0.553. The summed E-state index contributed by atoms with van der Waals surface area (Å²) < 4.78 is 18.8. The van der Waals surface area contributed by atoms with E-state index < -0.39 is 35.7 Å². The number of halogens is 1. The van der Waals surface area contributed by atoms with Crippen LogP contribution in [0.2, 0.25) is 0 Å². The maximum atomic E-state index is 13.7. The van der Waals surface area contributed by atoms with Crippen LogP contribution in [0, 0.1) is 11.7 Å². The Hall–Kier alpha value is -2.70. The van der Waals surface area contributed by atoms with Crippen LogP contribution in [0.4, 0.5) is 4.39 Å². The van der Waals surface area contributed by atoms with Gasteiger partial charge in [-0.25, -0.2) is 9.18 Å². The van der Waals surface area contributed by atoms with E-state index in [1.54, 1.807) is 13.8 Å². The van der Waals surface area contributed by atoms with Crippen LogP contribution in [-0.4, -0.2) is 36.5 Å². The van der Waals surface area contributed by atoms with Crippen LogP contribution >= 0.6 is 0 Å². The van der Waals surface area contributed by atoms with Crippen LogP contribution in [0.15, 0.2) is 36.9 Å². The summed E-state index contributed by atoms with van der Waals surface area (Å²) in [6.07, 6.45) is 0.469. The molecular weight excluding hydrogens is 327 g/mol. The summed E-state index contributed by atoms with van der Waals surface area (Å²) in [4.78, 5) is 36.2. The number of amides is 2. The van der Waals surface area contributed by atoms with Gasteiger partial charge < -0.3 is 15.4 Å². The number of ether oxygens (including phenoxy) is 1. The van der Waals surface area contributed by atoms with E-state index in [0.717, 1.165) is 6.07 Å². The molecule has 0 aliphatic heterocycles. The van der Waals surface area contributed by atoms with Crippen molar-refractivity contribution in [2.45, 2.75) is 32.9 Å². The molecule has 25 heavy (non-hydrogen) atoms. The third kappa shape index (κ3) is 6.02. The zero-order chi connectivity index (χ0) is 19.0. The third-order valence-corrected chi connectivity index (χ3v) is 3.41. The number of hydrogen-bond donors (Lipinski definition) is 2. The number of esters is 1. The normalized spacial score (nSPS) is 12.8. The van der Waals surface area contributed by atoms with E-state index in [-0.39, 0.29) is 18.0 Å². The van der Waals surface area contributed by atoms with E-state index in [1.807, 2.05) is 0 Å². The molecule has 0 saturated heterocycles. The summed E-state index contributed by atoms with van der Waals surface area (Å²) >= 11 is 0. The molecule has 2 atom stereocenters. The second-order valence-electron chi connectivity index (χ2n) is 5.79. The molecule has 136 valence electrons. The highest BCUT2D eigenvalue weighted by molar-refractivity contribution is 5.97. The predicted octanol–water partition coefficient (Wildman–Crippen LogP) is 1.81. The Morgan fingerprint density at radius 3 is 2.44 bits per heavy atom. The maximum Gasteiger partial charge on any atom is 0.329 e. The van der Waals surface area contributed by atoms with E-state index in [2.05, 4.69) is 17.2 Å². The van der Waals surface area contributed by atoms with Crippen LogP contribution < -0.4 is 10.6 Å². The molecule has 0 aliphatic carbocycles. The van der Waals surface area contributed by atoms with Gasteiger partial charge in [0.1, 0.15) is 11.9 Å². The fourth-order valence-corrected chi connectivity index (χ4v) is 1.98. The smallest absolute Gasteiger partial charge is 0.329 e. The summed E-state index contributed by atoms with van der Waals surface area (Å²) in [6, 6.07) is 4.45. The summed E-state index contributed by atoms with van der Waals surface area (Å²) in [5.74, 6) is -2.96. The van der Waals surface area contributed by atoms with E-state index in [1.165, 1.54) is 31.2 Å². The Kier molecular flexibility index (Phi) is 7.78. The molecule has 7 heteroatoms. The monoisotopic (exact) mass is 350 g/mol. The molecule has 0 spiro atoms. The fourth-order valence-electron chi connectivity index (χ4n) is 1.98. The first-order chi connectivity index (χ1) is 11.8. The number of hydrogen-bond acceptors (Lipinski definition) is 4. The van der Waals surface area contributed by atoms with Crippen molar-refractivity contribution in [3.05, 3.63) is 48.3 Å². The van der Waals surface area contributed by atoms with Gasteiger partial charge in [-0.1, -0.05) is 32.1 Å². The largest absolute Gasteiger partial charge is 0.451 e. The van der Waals surface area contributed by atoms with Gasteiger partial charge in [0, 0.05) is 6.54 Å². The maximum absolute atomic E-state index is 13.7. The van der Waals surface area contributed by atoms with Crippen molar-refractivity contribution in [1.29, 1.82) is 0 Å². The third-order valence-electron chi connectivity index (χ3n) is 3.41. The average Bonchev–Trinajstić information content (AvgIpc) is 2.57. The van der Waals surface area contributed by atoms with Gasteiger partial charge in [0.2, 0.25) is 0 Å². The molecular formula is C18H23FN2O4. The highest BCUT2D eigenvalue weighted by Gasteiger charge is 2.29. The van der Waals surface area contributed by atoms with Crippen LogP contribution in [0.3, 0.4) is 0 Å². The Morgan fingerprint density at radius 1 is 1.24 bits per heavy atom. The molecule has 6 nitrogen and oxygen atoms in total. The van der Waals surface area contributed by atoms with Gasteiger partial charge in [-0.05, 0) is 25.0 Å². The van der Waals surface area contributed by atoms with E-state index >= 15 is 0 Å². The average molecular weight is 350 g/mol. The van der Waals surface area contributed by atoms with Gasteiger partial charge in [0.25, 0.3) is 11.8 Å². The van der Waals surface area contributed by atoms with Crippen LogP contribution in [0.25, 0.3) is 0 Å². The number of carbonyl (C=O) groups is 3. The first kappa shape index (κ1) is 20.3. The number of rotatable bonds is 8. The first-order valence-corrected chi connectivity index (χ1v) is 7.92. The van der Waals surface area contributed by atoms with Gasteiger partial charge in [-0.15, -0.1) is 6.58 Å². The minimum Gasteiger partial charge on any atom is -0.451 e. The lowest BCUT2D eigenvalue weighted by atomic mass is 10.0. The van der Waals surface area contributed by atoms with Crippen molar-refractivity contribution in [1.82, 2.24) is 10.6 Å². The van der Waals surface area contributed by atoms with Crippen LogP contribution in [0.5, 0.6) is 0 Å². The van der Waals surface area contributed by atoms with E-state index in [9.17, 15) is 18.8 Å². The summed E-state index contributed by atoms with van der Waals surface area (Å²) in [6.45, 7) is 8.55. The van der Waals surface area contributed by atoms with Gasteiger partial charge in [0.05, 0.1) is 5.56 Å². The number of benzene rings is 1. The van der Waals surface area contributed by atoms with Gasteiger partial charge >= 0.3 is 5.97 Å². The molecule has 0 aromatic heterocycles. The lowest BCUT2D eigenvalue weighted by molar-refractivity contribution is -0.157. The van der Waals surface area contributed by atoms with Crippen molar-refractivity contribution in [3.63, 3.8) is 0 Å². The Morgan fingerprint density at radius 2 is 1.88 bits per heavy atom. The van der Waals surface area contributed by atoms with Crippen molar-refractivity contribution in [2.75, 3.05) is 6.54 Å². The molecule has 0 saturated carbocycles. The highest BCUT2D eigenvalue weighted by atomic mass is 19.1. The molecule has 2 N–H and O–H groups in total. The topological polar surface area (TPSA) is 84.5 Å². The minimum absolute atomic E-state index is 0.169. The second-order valence-corrected chi connectivity index (χ2v) is 5.79. The molecule has 0 fully saturated rings. The van der Waals surface area contributed by atoms with Crippen LogP contribution in [-0.2, 0) is 14.3 Å². The summed E-state index contributed by atoms with van der Waals surface area (Å²) in [7, 11) is 0. The first-order valence-electron chi connectivity index (χ1n) is 7.92. The molecule has 0 radical (unpaired) electrons. The molecule has 0 aliphatic rings. The lowest BCUT2D eigenvalue weighted by Crippen LogP contribution is -2.47. The predicted molar refractivity (Wildman–Crippen MR) is 91.3 cm³/mol. The SMILES string of the molecule is C=CCNC(=O)[C@@H](C)OC(=O)[C@@H](NC(=O)c1ccccc1F)C(C)C. The Labute approximate surface area is 146 Å². The molecule has 0 bridgehead atoms. The standard InChI is InChI=1S/C18H23FN2O4/c1-5-10-20-16(22)12(4)25-18(24)15(11(2)3)21-17(23)13-8-6-7-9-14(13)19/h5-9,11-12,15H,1,10H2,2-4H3,(H,20,22)(H,21,23)/t12-,15+/m1/s1. The molecule has 1 rings (SSSR count). The number of carbonyl (C=O) groups excluding carboxylic acids is 3. The van der Waals surface area contributed by atoms with Gasteiger partial charge in [-0.2, -0.15) is 0 Å². The van der Waals surface area contributed by atoms with Gasteiger partial charge in [-0.3, -0.25) is 9.59 Å². The van der Waals surface area contributed by atoms with Crippen molar-refractivity contribution in [3.8, 4) is 0 Å². The summed E-state index contributed by atoms with van der Waals surface area (Å²) in [5, 5.41) is 4.97. The van der Waals surface area contributed by atoms with Crippen LogP contribution in [0.1, 0.15) is 31.1 Å². The zero-order valence-corrected chi connectivity index (χ0v) is 14.5. The molecule has 1 aromatic rings. The van der Waals surface area contributed by atoms with E-state index in [4.69, 9.17) is 4.74 Å². The zero-order valence-electron chi connectivity index (χ0n) is 14.5. The Balaban J connectivity index is 2.77. The second kappa shape index (κ2) is 9.56. The molecule has 2 amide bonds. The van der Waals surface area contributed by atoms with Crippen molar-refractivity contribution < 1.29 is 23.5 Å². The van der Waals surface area contributed by atoms with Crippen molar-refractivity contribution in [2.24, 2.45) is 5.92 Å².